The molecule has 0 fully saturated rings. The van der Waals surface area contributed by atoms with Crippen LogP contribution in [0.1, 0.15) is 30.0 Å². The molecule has 1 unspecified atom stereocenters. The molecule has 0 amide bonds. The van der Waals surface area contributed by atoms with E-state index in [2.05, 4.69) is 73.1 Å². The van der Waals surface area contributed by atoms with E-state index in [4.69, 9.17) is 5.73 Å². The topological polar surface area (TPSA) is 26.0 Å². The second kappa shape index (κ2) is 7.48. The summed E-state index contributed by atoms with van der Waals surface area (Å²) in [4.78, 5) is 2.60. The van der Waals surface area contributed by atoms with Gasteiger partial charge >= 0.3 is 0 Å². The zero-order valence-electron chi connectivity index (χ0n) is 12.8. The lowest BCUT2D eigenvalue weighted by Gasteiger charge is -2.15. The van der Waals surface area contributed by atoms with E-state index in [0.29, 0.717) is 0 Å². The van der Waals surface area contributed by atoms with E-state index < -0.39 is 0 Å². The standard InChI is InChI=1S/C18H22BrNS/c1-4-16(20)10-14-6-7-15(19)11-18(14)21-17-8-5-12(2)9-13(17)3/h5-9,11,16H,4,10,20H2,1-3H3. The van der Waals surface area contributed by atoms with Crippen LogP contribution in [-0.2, 0) is 6.42 Å². The van der Waals surface area contributed by atoms with Crippen LogP contribution in [0.25, 0.3) is 0 Å². The van der Waals surface area contributed by atoms with E-state index in [1.807, 2.05) is 11.8 Å². The number of aryl methyl sites for hydroxylation is 2. The number of hydrogen-bond donors (Lipinski definition) is 1. The summed E-state index contributed by atoms with van der Waals surface area (Å²) in [5.74, 6) is 0. The Bertz CT molecular complexity index is 625. The molecular weight excluding hydrogens is 342 g/mol. The molecule has 0 aliphatic carbocycles. The van der Waals surface area contributed by atoms with Crippen LogP contribution in [-0.4, -0.2) is 6.04 Å². The minimum atomic E-state index is 0.227. The lowest BCUT2D eigenvalue weighted by atomic mass is 10.1. The lowest BCUT2D eigenvalue weighted by molar-refractivity contribution is 0.641. The van der Waals surface area contributed by atoms with Gasteiger partial charge in [-0.05, 0) is 56.0 Å². The van der Waals surface area contributed by atoms with Gasteiger partial charge in [-0.1, -0.05) is 58.4 Å². The first kappa shape index (κ1) is 16.6. The van der Waals surface area contributed by atoms with Crippen molar-refractivity contribution in [3.05, 3.63) is 57.6 Å². The second-order valence-electron chi connectivity index (χ2n) is 5.50. The zero-order chi connectivity index (χ0) is 15.4. The van der Waals surface area contributed by atoms with Crippen molar-refractivity contribution < 1.29 is 0 Å². The maximum atomic E-state index is 6.13. The van der Waals surface area contributed by atoms with Crippen molar-refractivity contribution in [2.24, 2.45) is 5.73 Å². The van der Waals surface area contributed by atoms with Gasteiger partial charge in [0.2, 0.25) is 0 Å². The molecule has 0 saturated heterocycles. The van der Waals surface area contributed by atoms with Crippen molar-refractivity contribution in [1.29, 1.82) is 0 Å². The van der Waals surface area contributed by atoms with Crippen LogP contribution in [0.2, 0.25) is 0 Å². The van der Waals surface area contributed by atoms with Crippen molar-refractivity contribution in [2.75, 3.05) is 0 Å². The Morgan fingerprint density at radius 3 is 2.52 bits per heavy atom. The molecule has 1 atom stereocenters. The molecule has 2 rings (SSSR count). The first-order valence-corrected chi connectivity index (χ1v) is 8.89. The molecule has 0 heterocycles. The molecule has 0 aliphatic rings. The third-order valence-electron chi connectivity index (χ3n) is 3.59. The van der Waals surface area contributed by atoms with Crippen LogP contribution in [0.15, 0.2) is 50.7 Å². The molecule has 3 heteroatoms. The van der Waals surface area contributed by atoms with Crippen LogP contribution < -0.4 is 5.73 Å². The largest absolute Gasteiger partial charge is 0.327 e. The third-order valence-corrected chi connectivity index (χ3v) is 5.36. The minimum absolute atomic E-state index is 0.227. The Morgan fingerprint density at radius 2 is 1.86 bits per heavy atom. The van der Waals surface area contributed by atoms with E-state index in [1.54, 1.807) is 0 Å². The molecule has 2 aromatic carbocycles. The van der Waals surface area contributed by atoms with Gasteiger partial charge in [-0.2, -0.15) is 0 Å². The summed E-state index contributed by atoms with van der Waals surface area (Å²) in [6.45, 7) is 6.44. The Kier molecular flexibility index (Phi) is 5.91. The maximum absolute atomic E-state index is 6.13. The van der Waals surface area contributed by atoms with Gasteiger partial charge in [0, 0.05) is 20.3 Å². The SMILES string of the molecule is CCC(N)Cc1ccc(Br)cc1Sc1ccc(C)cc1C. The minimum Gasteiger partial charge on any atom is -0.327 e. The van der Waals surface area contributed by atoms with Crippen LogP contribution in [0.5, 0.6) is 0 Å². The third kappa shape index (κ3) is 4.60. The monoisotopic (exact) mass is 363 g/mol. The molecule has 21 heavy (non-hydrogen) atoms. The van der Waals surface area contributed by atoms with E-state index in [9.17, 15) is 0 Å². The van der Waals surface area contributed by atoms with Crippen LogP contribution in [0.4, 0.5) is 0 Å². The summed E-state index contributed by atoms with van der Waals surface area (Å²) in [6.07, 6.45) is 1.93. The number of halogens is 1. The summed E-state index contributed by atoms with van der Waals surface area (Å²) < 4.78 is 1.11. The van der Waals surface area contributed by atoms with Crippen molar-refractivity contribution in [2.45, 2.75) is 49.4 Å². The van der Waals surface area contributed by atoms with Gasteiger partial charge in [-0.15, -0.1) is 0 Å². The summed E-state index contributed by atoms with van der Waals surface area (Å²) in [7, 11) is 0. The lowest BCUT2D eigenvalue weighted by Crippen LogP contribution is -2.21. The maximum Gasteiger partial charge on any atom is 0.0186 e. The molecule has 2 aromatic rings. The van der Waals surface area contributed by atoms with E-state index in [1.165, 1.54) is 26.5 Å². The molecule has 0 aromatic heterocycles. The highest BCUT2D eigenvalue weighted by atomic mass is 79.9. The van der Waals surface area contributed by atoms with Gasteiger partial charge in [0.25, 0.3) is 0 Å². The fraction of sp³-hybridized carbons (Fsp3) is 0.333. The van der Waals surface area contributed by atoms with Gasteiger partial charge in [0.05, 0.1) is 0 Å². The predicted molar refractivity (Wildman–Crippen MR) is 96.2 cm³/mol. The first-order chi connectivity index (χ1) is 9.99. The van der Waals surface area contributed by atoms with Crippen LogP contribution in [0, 0.1) is 13.8 Å². The first-order valence-electron chi connectivity index (χ1n) is 7.28. The van der Waals surface area contributed by atoms with E-state index in [-0.39, 0.29) is 6.04 Å². The molecule has 2 N–H and O–H groups in total. The number of nitrogens with two attached hydrogens (primary N) is 1. The van der Waals surface area contributed by atoms with E-state index >= 15 is 0 Å². The Balaban J connectivity index is 2.31. The molecular formula is C18H22BrNS. The summed E-state index contributed by atoms with van der Waals surface area (Å²) >= 11 is 5.41. The van der Waals surface area contributed by atoms with Crippen LogP contribution >= 0.6 is 27.7 Å². The van der Waals surface area contributed by atoms with Gasteiger partial charge in [0.15, 0.2) is 0 Å². The Morgan fingerprint density at radius 1 is 1.10 bits per heavy atom. The number of rotatable bonds is 5. The highest BCUT2D eigenvalue weighted by Crippen LogP contribution is 2.35. The molecule has 112 valence electrons. The van der Waals surface area contributed by atoms with Gasteiger partial charge in [0.1, 0.15) is 0 Å². The normalized spacial score (nSPS) is 12.4. The Labute approximate surface area is 140 Å². The molecule has 0 radical (unpaired) electrons. The summed E-state index contributed by atoms with van der Waals surface area (Å²) in [5, 5.41) is 0. The fourth-order valence-electron chi connectivity index (χ4n) is 2.25. The highest BCUT2D eigenvalue weighted by molar-refractivity contribution is 9.10. The number of hydrogen-bond acceptors (Lipinski definition) is 2. The average molecular weight is 364 g/mol. The zero-order valence-corrected chi connectivity index (χ0v) is 15.2. The van der Waals surface area contributed by atoms with Crippen LogP contribution in [0.3, 0.4) is 0 Å². The van der Waals surface area contributed by atoms with Gasteiger partial charge in [-0.25, -0.2) is 0 Å². The van der Waals surface area contributed by atoms with Crippen molar-refractivity contribution >= 4 is 27.7 Å². The van der Waals surface area contributed by atoms with Crippen molar-refractivity contribution in [3.8, 4) is 0 Å². The second-order valence-corrected chi connectivity index (χ2v) is 7.49. The smallest absolute Gasteiger partial charge is 0.0186 e. The molecule has 0 aliphatic heterocycles. The molecule has 0 bridgehead atoms. The average Bonchev–Trinajstić information content (AvgIpc) is 2.44. The quantitative estimate of drug-likeness (QED) is 0.758. The van der Waals surface area contributed by atoms with Crippen molar-refractivity contribution in [3.63, 3.8) is 0 Å². The fourth-order valence-corrected chi connectivity index (χ4v) is 3.83. The van der Waals surface area contributed by atoms with Crippen molar-refractivity contribution in [1.82, 2.24) is 0 Å². The summed E-state index contributed by atoms with van der Waals surface area (Å²) in [5.41, 5.74) is 10.1. The van der Waals surface area contributed by atoms with Gasteiger partial charge in [-0.3, -0.25) is 0 Å². The predicted octanol–water partition coefficient (Wildman–Crippen LogP) is 5.50. The Hall–Kier alpha value is -0.770. The summed E-state index contributed by atoms with van der Waals surface area (Å²) in [6, 6.07) is 13.3. The molecule has 0 saturated carbocycles. The molecule has 0 spiro atoms. The molecule has 1 nitrogen and oxygen atoms in total. The van der Waals surface area contributed by atoms with Gasteiger partial charge < -0.3 is 5.73 Å². The number of benzene rings is 2. The van der Waals surface area contributed by atoms with E-state index in [0.717, 1.165) is 17.3 Å². The highest BCUT2D eigenvalue weighted by Gasteiger charge is 2.10.